The van der Waals surface area contributed by atoms with E-state index in [0.717, 1.165) is 6.08 Å². The molecular weight excluding hydrogens is 507 g/mol. The number of halogens is 2. The fourth-order valence-electron chi connectivity index (χ4n) is 3.25. The molecule has 0 aliphatic rings. The molecule has 190 valence electrons. The van der Waals surface area contributed by atoms with E-state index in [-0.39, 0.29) is 47.5 Å². The molecule has 0 aliphatic heterocycles. The summed E-state index contributed by atoms with van der Waals surface area (Å²) in [5.41, 5.74) is 2.85. The van der Waals surface area contributed by atoms with E-state index in [9.17, 15) is 14.0 Å². The molecule has 2 aromatic carbocycles. The summed E-state index contributed by atoms with van der Waals surface area (Å²) in [6, 6.07) is 7.70. The van der Waals surface area contributed by atoms with Crippen LogP contribution in [0.4, 0.5) is 21.6 Å². The van der Waals surface area contributed by atoms with Gasteiger partial charge in [0.05, 0.1) is 34.7 Å². The third-order valence-corrected chi connectivity index (χ3v) is 5.33. The Morgan fingerprint density at radius 3 is 2.86 bits per heavy atom. The molecule has 2 heterocycles. The minimum absolute atomic E-state index is 0.0116. The second kappa shape index (κ2) is 11.4. The summed E-state index contributed by atoms with van der Waals surface area (Å²) in [5, 5.41) is 22.5. The number of ether oxygens (including phenoxy) is 1. The van der Waals surface area contributed by atoms with Crippen molar-refractivity contribution >= 4 is 51.5 Å². The van der Waals surface area contributed by atoms with E-state index in [1.165, 1.54) is 23.1 Å². The molecule has 0 radical (unpaired) electrons. The SMILES string of the molecule is C=CC(=O)Nc1cc2c(Nc3cccc(Cl)c3F)ncnc2cc1OCc1cn(CCC(=O)NO)nn1. The maximum atomic E-state index is 14.4. The van der Waals surface area contributed by atoms with Gasteiger partial charge in [-0.15, -0.1) is 5.10 Å². The van der Waals surface area contributed by atoms with Crippen LogP contribution in [0.15, 0.2) is 55.5 Å². The third kappa shape index (κ3) is 6.15. The number of rotatable bonds is 10. The number of hydroxylamine groups is 1. The number of fused-ring (bicyclic) bond motifs is 1. The number of carbonyl (C=O) groups excluding carboxylic acids is 2. The molecule has 0 saturated carbocycles. The normalized spacial score (nSPS) is 10.7. The Labute approximate surface area is 214 Å². The van der Waals surface area contributed by atoms with Crippen LogP contribution in [0.25, 0.3) is 10.9 Å². The minimum atomic E-state index is -0.638. The summed E-state index contributed by atoms with van der Waals surface area (Å²) in [6.07, 6.45) is 3.99. The molecule has 4 rings (SSSR count). The predicted molar refractivity (Wildman–Crippen MR) is 132 cm³/mol. The van der Waals surface area contributed by atoms with Crippen molar-refractivity contribution in [3.8, 4) is 5.75 Å². The van der Waals surface area contributed by atoms with Crippen molar-refractivity contribution in [1.82, 2.24) is 30.4 Å². The van der Waals surface area contributed by atoms with E-state index in [4.69, 9.17) is 21.5 Å². The van der Waals surface area contributed by atoms with E-state index in [1.54, 1.807) is 29.9 Å². The highest BCUT2D eigenvalue weighted by Gasteiger charge is 2.15. The second-order valence-electron chi connectivity index (χ2n) is 7.55. The van der Waals surface area contributed by atoms with Gasteiger partial charge in [0.15, 0.2) is 5.82 Å². The fraction of sp³-hybridized carbons (Fsp3) is 0.130. The van der Waals surface area contributed by atoms with Gasteiger partial charge >= 0.3 is 0 Å². The topological polar surface area (TPSA) is 156 Å². The van der Waals surface area contributed by atoms with Gasteiger partial charge in [0.2, 0.25) is 11.8 Å². The zero-order chi connectivity index (χ0) is 26.4. The number of hydrogen-bond donors (Lipinski definition) is 4. The maximum absolute atomic E-state index is 14.4. The van der Waals surface area contributed by atoms with Crippen molar-refractivity contribution in [3.63, 3.8) is 0 Å². The van der Waals surface area contributed by atoms with Gasteiger partial charge in [-0.05, 0) is 24.3 Å². The molecule has 12 nitrogen and oxygen atoms in total. The van der Waals surface area contributed by atoms with Crippen LogP contribution in [-0.2, 0) is 22.7 Å². The third-order valence-electron chi connectivity index (χ3n) is 5.04. The second-order valence-corrected chi connectivity index (χ2v) is 7.96. The lowest BCUT2D eigenvalue weighted by Crippen LogP contribution is -2.20. The fourth-order valence-corrected chi connectivity index (χ4v) is 3.42. The molecule has 4 aromatic rings. The first-order chi connectivity index (χ1) is 17.9. The summed E-state index contributed by atoms with van der Waals surface area (Å²) < 4.78 is 21.8. The highest BCUT2D eigenvalue weighted by atomic mass is 35.5. The maximum Gasteiger partial charge on any atom is 0.247 e. The number of anilines is 3. The average Bonchev–Trinajstić information content (AvgIpc) is 3.36. The number of hydrogen-bond acceptors (Lipinski definition) is 9. The quantitative estimate of drug-likeness (QED) is 0.138. The summed E-state index contributed by atoms with van der Waals surface area (Å²) in [5.74, 6) is -1.12. The Kier molecular flexibility index (Phi) is 7.86. The van der Waals surface area contributed by atoms with Gasteiger partial charge < -0.3 is 15.4 Å². The summed E-state index contributed by atoms with van der Waals surface area (Å²) >= 11 is 5.88. The van der Waals surface area contributed by atoms with Gasteiger partial charge in [-0.2, -0.15) is 0 Å². The standard InChI is InChI=1S/C23H20ClFN8O4/c1-2-20(34)28-18-8-14-17(26-12-27-23(14)29-16-5-3-4-15(24)22(16)25)9-19(18)37-11-13-10-33(32-30-13)7-6-21(35)31-36/h2-5,8-10,12,36H,1,6-7,11H2,(H,28,34)(H,31,35)(H,26,27,29). The highest BCUT2D eigenvalue weighted by Crippen LogP contribution is 2.34. The lowest BCUT2D eigenvalue weighted by atomic mass is 10.1. The van der Waals surface area contributed by atoms with Crippen molar-refractivity contribution < 1.29 is 23.9 Å². The summed E-state index contributed by atoms with van der Waals surface area (Å²) in [4.78, 5) is 31.7. The molecule has 0 atom stereocenters. The molecule has 2 aromatic heterocycles. The van der Waals surface area contributed by atoms with Gasteiger partial charge in [0.25, 0.3) is 0 Å². The zero-order valence-corrected chi connectivity index (χ0v) is 19.9. The van der Waals surface area contributed by atoms with Crippen molar-refractivity contribution in [1.29, 1.82) is 0 Å². The van der Waals surface area contributed by atoms with Gasteiger partial charge in [0.1, 0.15) is 30.2 Å². The molecule has 37 heavy (non-hydrogen) atoms. The van der Waals surface area contributed by atoms with E-state index in [1.807, 2.05) is 0 Å². The molecular formula is C23H20ClFN8O4. The number of carbonyl (C=O) groups is 2. The van der Waals surface area contributed by atoms with Crippen molar-refractivity contribution in [3.05, 3.63) is 72.0 Å². The Hall–Kier alpha value is -4.62. The number of benzene rings is 2. The van der Waals surface area contributed by atoms with Crippen LogP contribution in [0, 0.1) is 5.82 Å². The molecule has 0 fully saturated rings. The first kappa shape index (κ1) is 25.5. The number of nitrogens with one attached hydrogen (secondary N) is 3. The lowest BCUT2D eigenvalue weighted by molar-refractivity contribution is -0.129. The molecule has 14 heteroatoms. The van der Waals surface area contributed by atoms with E-state index >= 15 is 0 Å². The van der Waals surface area contributed by atoms with Crippen LogP contribution in [0.1, 0.15) is 12.1 Å². The van der Waals surface area contributed by atoms with Crippen LogP contribution in [0.3, 0.4) is 0 Å². The van der Waals surface area contributed by atoms with E-state index in [2.05, 4.69) is 37.5 Å². The lowest BCUT2D eigenvalue weighted by Gasteiger charge is -2.15. The molecule has 0 unspecified atom stereocenters. The van der Waals surface area contributed by atoms with Gasteiger partial charge in [0, 0.05) is 17.9 Å². The number of aryl methyl sites for hydroxylation is 1. The Bertz CT molecular complexity index is 1480. The number of amides is 2. The van der Waals surface area contributed by atoms with Crippen molar-refractivity contribution in [2.24, 2.45) is 0 Å². The molecule has 4 N–H and O–H groups in total. The highest BCUT2D eigenvalue weighted by molar-refractivity contribution is 6.31. The Balaban J connectivity index is 1.61. The van der Waals surface area contributed by atoms with Gasteiger partial charge in [-0.1, -0.05) is 29.5 Å². The van der Waals surface area contributed by atoms with Crippen LogP contribution >= 0.6 is 11.6 Å². The Morgan fingerprint density at radius 1 is 1.24 bits per heavy atom. The van der Waals surface area contributed by atoms with Crippen LogP contribution in [0.2, 0.25) is 5.02 Å². The molecule has 0 spiro atoms. The van der Waals surface area contributed by atoms with Crippen molar-refractivity contribution in [2.45, 2.75) is 19.6 Å². The molecule has 0 saturated heterocycles. The van der Waals surface area contributed by atoms with Gasteiger partial charge in [-0.25, -0.2) is 19.8 Å². The van der Waals surface area contributed by atoms with E-state index < -0.39 is 17.6 Å². The summed E-state index contributed by atoms with van der Waals surface area (Å²) in [7, 11) is 0. The largest absolute Gasteiger partial charge is 0.485 e. The average molecular weight is 527 g/mol. The zero-order valence-electron chi connectivity index (χ0n) is 19.1. The smallest absolute Gasteiger partial charge is 0.247 e. The summed E-state index contributed by atoms with van der Waals surface area (Å²) in [6.45, 7) is 3.65. The molecule has 0 aliphatic carbocycles. The van der Waals surface area contributed by atoms with Crippen LogP contribution in [-0.4, -0.2) is 42.0 Å². The van der Waals surface area contributed by atoms with Crippen molar-refractivity contribution in [2.75, 3.05) is 10.6 Å². The van der Waals surface area contributed by atoms with E-state index in [0.29, 0.717) is 16.6 Å². The number of aromatic nitrogens is 5. The van der Waals surface area contributed by atoms with Crippen LogP contribution < -0.4 is 20.9 Å². The Morgan fingerprint density at radius 2 is 2.08 bits per heavy atom. The molecule has 2 amide bonds. The predicted octanol–water partition coefficient (Wildman–Crippen LogP) is 3.36. The van der Waals surface area contributed by atoms with Crippen LogP contribution in [0.5, 0.6) is 5.75 Å². The first-order valence-corrected chi connectivity index (χ1v) is 11.1. The van der Waals surface area contributed by atoms with Gasteiger partial charge in [-0.3, -0.25) is 19.5 Å². The molecule has 0 bridgehead atoms. The number of nitrogens with zero attached hydrogens (tertiary/aromatic N) is 5. The monoisotopic (exact) mass is 526 g/mol. The first-order valence-electron chi connectivity index (χ1n) is 10.8. The minimum Gasteiger partial charge on any atom is -0.485 e.